The fraction of sp³-hybridized carbons (Fsp3) is 0.294. The molecule has 3 nitrogen and oxygen atoms in total. The Bertz CT molecular complexity index is 540. The molecule has 0 amide bonds. The summed E-state index contributed by atoms with van der Waals surface area (Å²) in [7, 11) is 3.79. The van der Waals surface area contributed by atoms with Gasteiger partial charge in [0.05, 0.1) is 7.11 Å². The van der Waals surface area contributed by atoms with Gasteiger partial charge in [0.25, 0.3) is 0 Å². The summed E-state index contributed by atoms with van der Waals surface area (Å²) in [5, 5.41) is 0. The summed E-state index contributed by atoms with van der Waals surface area (Å²) in [6.45, 7) is 1.88. The van der Waals surface area contributed by atoms with Gasteiger partial charge in [-0.05, 0) is 36.7 Å². The number of ether oxygens (including phenoxy) is 1. The number of hydrogen-bond donors (Lipinski definition) is 1. The third-order valence-electron chi connectivity index (χ3n) is 3.30. The van der Waals surface area contributed by atoms with E-state index in [-0.39, 0.29) is 0 Å². The first-order valence-electron chi connectivity index (χ1n) is 6.83. The second-order valence-electron chi connectivity index (χ2n) is 5.09. The van der Waals surface area contributed by atoms with Gasteiger partial charge in [-0.25, -0.2) is 0 Å². The molecule has 0 bridgehead atoms. The summed E-state index contributed by atoms with van der Waals surface area (Å²) in [4.78, 5) is 2.29. The number of benzene rings is 2. The highest BCUT2D eigenvalue weighted by molar-refractivity contribution is 5.47. The summed E-state index contributed by atoms with van der Waals surface area (Å²) in [5.41, 5.74) is 9.17. The Morgan fingerprint density at radius 2 is 1.80 bits per heavy atom. The van der Waals surface area contributed by atoms with E-state index < -0.39 is 0 Å². The van der Waals surface area contributed by atoms with Crippen molar-refractivity contribution in [1.29, 1.82) is 0 Å². The number of nitrogens with zero attached hydrogens (tertiary/aromatic N) is 1. The topological polar surface area (TPSA) is 38.5 Å². The fourth-order valence-electron chi connectivity index (χ4n) is 2.25. The molecule has 3 heteroatoms. The zero-order valence-corrected chi connectivity index (χ0v) is 12.2. The fourth-order valence-corrected chi connectivity index (χ4v) is 2.25. The van der Waals surface area contributed by atoms with Crippen molar-refractivity contribution < 1.29 is 4.74 Å². The summed E-state index contributed by atoms with van der Waals surface area (Å²) in [6, 6.07) is 16.4. The van der Waals surface area contributed by atoms with Crippen LogP contribution in [-0.2, 0) is 13.0 Å². The third-order valence-corrected chi connectivity index (χ3v) is 3.30. The van der Waals surface area contributed by atoms with Gasteiger partial charge in [-0.2, -0.15) is 0 Å². The molecule has 0 aromatic heterocycles. The highest BCUT2D eigenvalue weighted by Crippen LogP contribution is 2.19. The van der Waals surface area contributed by atoms with Crippen LogP contribution in [0.1, 0.15) is 11.1 Å². The minimum absolute atomic E-state index is 0.746. The van der Waals surface area contributed by atoms with Gasteiger partial charge in [0.1, 0.15) is 5.75 Å². The van der Waals surface area contributed by atoms with Gasteiger partial charge in [-0.15, -0.1) is 0 Å². The van der Waals surface area contributed by atoms with Gasteiger partial charge in [0, 0.05) is 24.8 Å². The minimum atomic E-state index is 0.746. The summed E-state index contributed by atoms with van der Waals surface area (Å²) >= 11 is 0. The van der Waals surface area contributed by atoms with Crippen molar-refractivity contribution in [2.24, 2.45) is 0 Å². The van der Waals surface area contributed by atoms with Crippen LogP contribution in [0.4, 0.5) is 5.69 Å². The van der Waals surface area contributed by atoms with Crippen molar-refractivity contribution in [3.05, 3.63) is 59.7 Å². The Kier molecular flexibility index (Phi) is 5.02. The van der Waals surface area contributed by atoms with Gasteiger partial charge < -0.3 is 15.4 Å². The summed E-state index contributed by atoms with van der Waals surface area (Å²) < 4.78 is 5.25. The van der Waals surface area contributed by atoms with Gasteiger partial charge in [0.15, 0.2) is 0 Å². The van der Waals surface area contributed by atoms with Crippen molar-refractivity contribution in [3.63, 3.8) is 0 Å². The second kappa shape index (κ2) is 6.96. The predicted octanol–water partition coefficient (Wildman–Crippen LogP) is 2.95. The molecular weight excluding hydrogens is 248 g/mol. The van der Waals surface area contributed by atoms with Crippen LogP contribution in [0, 0.1) is 0 Å². The Morgan fingerprint density at radius 1 is 1.05 bits per heavy atom. The van der Waals surface area contributed by atoms with Crippen molar-refractivity contribution in [3.8, 4) is 5.75 Å². The Hall–Kier alpha value is -2.00. The number of anilines is 1. The zero-order valence-electron chi connectivity index (χ0n) is 12.2. The maximum atomic E-state index is 5.88. The van der Waals surface area contributed by atoms with Gasteiger partial charge in [-0.3, -0.25) is 0 Å². The Labute approximate surface area is 121 Å². The predicted molar refractivity (Wildman–Crippen MR) is 83.9 cm³/mol. The number of nitrogens with two attached hydrogens (primary N) is 1. The molecule has 2 aromatic carbocycles. The molecule has 2 aromatic rings. The highest BCUT2D eigenvalue weighted by atomic mass is 16.5. The van der Waals surface area contributed by atoms with Crippen molar-refractivity contribution >= 4 is 5.69 Å². The summed E-state index contributed by atoms with van der Waals surface area (Å²) in [6.07, 6.45) is 1.05. The molecule has 0 aliphatic rings. The largest absolute Gasteiger partial charge is 0.497 e. The lowest BCUT2D eigenvalue weighted by molar-refractivity contribution is 0.330. The standard InChI is InChI=1S/C17H22N2O/c1-19(9-8-14-6-4-3-5-7-14)13-15-10-16(18)12-17(11-15)20-2/h3-7,10-12H,8-9,13,18H2,1-2H3. The van der Waals surface area contributed by atoms with E-state index in [0.717, 1.165) is 30.9 Å². The molecule has 0 fully saturated rings. The van der Waals surface area contributed by atoms with Crippen LogP contribution in [0.2, 0.25) is 0 Å². The Morgan fingerprint density at radius 3 is 2.50 bits per heavy atom. The van der Waals surface area contributed by atoms with Crippen LogP contribution in [0.5, 0.6) is 5.75 Å². The van der Waals surface area contributed by atoms with E-state index in [1.54, 1.807) is 7.11 Å². The molecule has 0 spiro atoms. The number of likely N-dealkylation sites (N-methyl/N-ethyl adjacent to an activating group) is 1. The van der Waals surface area contributed by atoms with E-state index in [9.17, 15) is 0 Å². The summed E-state index contributed by atoms with van der Waals surface area (Å²) in [5.74, 6) is 0.816. The van der Waals surface area contributed by atoms with Gasteiger partial charge in [0.2, 0.25) is 0 Å². The molecule has 0 aliphatic carbocycles. The highest BCUT2D eigenvalue weighted by Gasteiger charge is 2.04. The monoisotopic (exact) mass is 270 g/mol. The first kappa shape index (κ1) is 14.4. The van der Waals surface area contributed by atoms with Crippen molar-refractivity contribution in [2.75, 3.05) is 26.4 Å². The lowest BCUT2D eigenvalue weighted by Gasteiger charge is -2.17. The Balaban J connectivity index is 1.91. The molecule has 106 valence electrons. The van der Waals surface area contributed by atoms with E-state index in [1.807, 2.05) is 24.3 Å². The van der Waals surface area contributed by atoms with E-state index in [2.05, 4.69) is 36.2 Å². The van der Waals surface area contributed by atoms with Crippen LogP contribution in [0.25, 0.3) is 0 Å². The van der Waals surface area contributed by atoms with Crippen molar-refractivity contribution in [2.45, 2.75) is 13.0 Å². The maximum Gasteiger partial charge on any atom is 0.121 e. The van der Waals surface area contributed by atoms with E-state index in [1.165, 1.54) is 11.1 Å². The second-order valence-corrected chi connectivity index (χ2v) is 5.09. The van der Waals surface area contributed by atoms with Crippen LogP contribution >= 0.6 is 0 Å². The smallest absolute Gasteiger partial charge is 0.121 e. The first-order valence-corrected chi connectivity index (χ1v) is 6.83. The molecular formula is C17H22N2O. The molecule has 2 rings (SSSR count). The number of nitrogen functional groups attached to an aromatic ring is 1. The number of hydrogen-bond acceptors (Lipinski definition) is 3. The van der Waals surface area contributed by atoms with E-state index in [4.69, 9.17) is 10.5 Å². The molecule has 0 saturated heterocycles. The first-order chi connectivity index (χ1) is 9.67. The van der Waals surface area contributed by atoms with Gasteiger partial charge in [-0.1, -0.05) is 30.3 Å². The molecule has 0 heterocycles. The van der Waals surface area contributed by atoms with Gasteiger partial charge >= 0.3 is 0 Å². The minimum Gasteiger partial charge on any atom is -0.497 e. The third kappa shape index (κ3) is 4.28. The normalized spacial score (nSPS) is 10.8. The molecule has 0 aliphatic heterocycles. The van der Waals surface area contributed by atoms with Crippen LogP contribution in [0.15, 0.2) is 48.5 Å². The molecule has 0 saturated carbocycles. The zero-order chi connectivity index (χ0) is 14.4. The van der Waals surface area contributed by atoms with Crippen LogP contribution in [-0.4, -0.2) is 25.6 Å². The maximum absolute atomic E-state index is 5.88. The van der Waals surface area contributed by atoms with Crippen LogP contribution in [0.3, 0.4) is 0 Å². The van der Waals surface area contributed by atoms with Crippen molar-refractivity contribution in [1.82, 2.24) is 4.90 Å². The lowest BCUT2D eigenvalue weighted by atomic mass is 10.1. The quantitative estimate of drug-likeness (QED) is 0.820. The van der Waals surface area contributed by atoms with Crippen LogP contribution < -0.4 is 10.5 Å². The van der Waals surface area contributed by atoms with E-state index in [0.29, 0.717) is 0 Å². The molecule has 2 N–H and O–H groups in total. The molecule has 0 unspecified atom stereocenters. The number of methoxy groups -OCH3 is 1. The molecule has 20 heavy (non-hydrogen) atoms. The SMILES string of the molecule is COc1cc(N)cc(CN(C)CCc2ccccc2)c1. The average molecular weight is 270 g/mol. The van der Waals surface area contributed by atoms with E-state index >= 15 is 0 Å². The average Bonchev–Trinajstić information content (AvgIpc) is 2.45. The molecule has 0 atom stereocenters. The molecule has 0 radical (unpaired) electrons. The number of rotatable bonds is 6. The lowest BCUT2D eigenvalue weighted by Crippen LogP contribution is -2.20.